The number of amides is 1. The number of phenolic OH excluding ortho intramolecular Hbond substituents is 1. The lowest BCUT2D eigenvalue weighted by Gasteiger charge is -2.61. The van der Waals surface area contributed by atoms with Crippen molar-refractivity contribution in [1.82, 2.24) is 10.2 Å². The number of esters is 2. The summed E-state index contributed by atoms with van der Waals surface area (Å²) in [5.74, 6) is -5.19. The van der Waals surface area contributed by atoms with Gasteiger partial charge in [0.25, 0.3) is 5.91 Å². The van der Waals surface area contributed by atoms with Crippen molar-refractivity contribution in [3.05, 3.63) is 35.1 Å². The van der Waals surface area contributed by atoms with Gasteiger partial charge in [-0.15, -0.1) is 0 Å². The number of likely N-dealkylation sites (tertiary alicyclic amines) is 1. The molecule has 6 N–H and O–H groups in total. The zero-order valence-electron chi connectivity index (χ0n) is 24.9. The number of nitrogens with one attached hydrogen (secondary N) is 1. The Hall–Kier alpha value is -3.72. The third-order valence-corrected chi connectivity index (χ3v) is 9.34. The summed E-state index contributed by atoms with van der Waals surface area (Å²) < 4.78 is 16.5. The fourth-order valence-electron chi connectivity index (χ4n) is 7.15. The van der Waals surface area contributed by atoms with Gasteiger partial charge in [0.05, 0.1) is 11.0 Å². The van der Waals surface area contributed by atoms with E-state index in [-0.39, 0.29) is 42.1 Å². The van der Waals surface area contributed by atoms with Gasteiger partial charge in [-0.05, 0) is 63.4 Å². The maximum atomic E-state index is 13.0. The second-order valence-corrected chi connectivity index (χ2v) is 12.5. The second-order valence-electron chi connectivity index (χ2n) is 12.5. The first kappa shape index (κ1) is 31.7. The number of hydrogen-bond acceptors (Lipinski definition) is 12. The summed E-state index contributed by atoms with van der Waals surface area (Å²) in [5, 5.41) is 55.3. The SMILES string of the molecule is CC(C)C[C@H](NC(=O)[C@H](C)OC(=O)[C@H](O)[C@@H](O)C(=O)OC1=CC[C@@]2(O)[C@H]3Cc4ccc(O)c5c4[C@@]2(CCN3C)[C@H]1O5)C(=O)O. The van der Waals surface area contributed by atoms with Gasteiger partial charge in [-0.2, -0.15) is 0 Å². The highest BCUT2D eigenvalue weighted by atomic mass is 16.6. The minimum absolute atomic E-state index is 0.0522. The van der Waals surface area contributed by atoms with E-state index in [2.05, 4.69) is 10.2 Å². The van der Waals surface area contributed by atoms with E-state index in [1.807, 2.05) is 7.05 Å². The Kier molecular flexibility index (Phi) is 8.16. The third-order valence-electron chi connectivity index (χ3n) is 9.34. The molecule has 44 heavy (non-hydrogen) atoms. The van der Waals surface area contributed by atoms with Gasteiger partial charge in [-0.3, -0.25) is 4.79 Å². The number of carbonyl (C=O) groups is 4. The molecule has 1 spiro atoms. The number of carbonyl (C=O) groups excluding carboxylic acids is 3. The van der Waals surface area contributed by atoms with Crippen molar-refractivity contribution in [1.29, 1.82) is 0 Å². The van der Waals surface area contributed by atoms with Crippen molar-refractivity contribution in [3.63, 3.8) is 0 Å². The second kappa shape index (κ2) is 11.3. The van der Waals surface area contributed by atoms with Crippen LogP contribution >= 0.6 is 0 Å². The molecule has 1 saturated heterocycles. The van der Waals surface area contributed by atoms with E-state index in [0.29, 0.717) is 24.9 Å². The molecule has 1 amide bonds. The summed E-state index contributed by atoms with van der Waals surface area (Å²) in [6.45, 7) is 5.27. The molecule has 240 valence electrons. The number of phenols is 1. The molecular formula is C30H38N2O12. The van der Waals surface area contributed by atoms with Gasteiger partial charge < -0.3 is 50.0 Å². The molecule has 1 fully saturated rings. The Bertz CT molecular complexity index is 1410. The Labute approximate surface area is 253 Å². The standard InChI is InChI=1S/C30H38N2O12/c1-13(2)11-16(26(37)38)31-25(36)14(3)42-27(39)21(34)22(35)28(40)43-18-7-8-30(41)19-12-15-5-6-17(33)23-20(15)29(30,24(18)44-23)9-10-32(19)4/h5-7,13-14,16,19,21-22,24,33-35,41H,8-12H2,1-4H3,(H,31,36)(H,37,38)/t14-,16-,19+,21+,22+,24-,29-,30+/m0/s1. The normalized spacial score (nSPS) is 29.3. The van der Waals surface area contributed by atoms with Crippen molar-refractivity contribution >= 4 is 23.8 Å². The van der Waals surface area contributed by atoms with Gasteiger partial charge in [-0.25, -0.2) is 14.4 Å². The smallest absolute Gasteiger partial charge is 0.343 e. The maximum absolute atomic E-state index is 13.0. The number of likely N-dealkylation sites (N-methyl/N-ethyl adjacent to an activating group) is 1. The number of aliphatic carboxylic acids is 1. The molecule has 2 aliphatic heterocycles. The first-order valence-electron chi connectivity index (χ1n) is 14.6. The van der Waals surface area contributed by atoms with Crippen molar-refractivity contribution in [2.45, 2.75) is 94.0 Å². The number of aliphatic hydroxyl groups is 3. The molecule has 8 atom stereocenters. The van der Waals surface area contributed by atoms with Crippen LogP contribution in [0.25, 0.3) is 0 Å². The third kappa shape index (κ3) is 4.89. The van der Waals surface area contributed by atoms with Crippen LogP contribution in [0.1, 0.15) is 51.2 Å². The Morgan fingerprint density at radius 3 is 2.48 bits per heavy atom. The van der Waals surface area contributed by atoms with Crippen LogP contribution in [0.2, 0.25) is 0 Å². The minimum Gasteiger partial charge on any atom is -0.504 e. The fraction of sp³-hybridized carbons (Fsp3) is 0.600. The number of aliphatic hydroxyl groups excluding tert-OH is 2. The number of nitrogens with zero attached hydrogens (tertiary/aromatic N) is 1. The Morgan fingerprint density at radius 2 is 1.82 bits per heavy atom. The fourth-order valence-corrected chi connectivity index (χ4v) is 7.15. The van der Waals surface area contributed by atoms with Crippen molar-refractivity contribution in [3.8, 4) is 11.5 Å². The number of carboxylic acid groups (broad SMARTS) is 1. The largest absolute Gasteiger partial charge is 0.504 e. The number of carboxylic acids is 1. The van der Waals surface area contributed by atoms with Crippen molar-refractivity contribution < 1.29 is 58.9 Å². The van der Waals surface area contributed by atoms with Crippen LogP contribution < -0.4 is 10.1 Å². The lowest BCUT2D eigenvalue weighted by atomic mass is 9.50. The molecule has 2 bridgehead atoms. The summed E-state index contributed by atoms with van der Waals surface area (Å²) >= 11 is 0. The predicted octanol–water partition coefficient (Wildman–Crippen LogP) is -0.518. The van der Waals surface area contributed by atoms with Crippen LogP contribution in [0.3, 0.4) is 0 Å². The Morgan fingerprint density at radius 1 is 1.14 bits per heavy atom. The van der Waals surface area contributed by atoms with E-state index < -0.39 is 65.3 Å². The molecule has 5 rings (SSSR count). The number of rotatable bonds is 10. The molecule has 4 aliphatic rings. The average Bonchev–Trinajstić information content (AvgIpc) is 3.32. The van der Waals surface area contributed by atoms with E-state index >= 15 is 0 Å². The number of hydrogen-bond donors (Lipinski definition) is 6. The zero-order chi connectivity index (χ0) is 32.3. The molecule has 0 saturated carbocycles. The highest BCUT2D eigenvalue weighted by Gasteiger charge is 2.72. The lowest BCUT2D eigenvalue weighted by Crippen LogP contribution is -2.74. The molecule has 2 heterocycles. The summed E-state index contributed by atoms with van der Waals surface area (Å²) in [6.07, 6.45) is -4.86. The quantitative estimate of drug-likeness (QED) is 0.183. The van der Waals surface area contributed by atoms with Gasteiger partial charge in [0, 0.05) is 18.0 Å². The molecule has 1 aromatic rings. The van der Waals surface area contributed by atoms with Crippen molar-refractivity contribution in [2.75, 3.05) is 13.6 Å². The molecule has 14 heteroatoms. The van der Waals surface area contributed by atoms with Gasteiger partial charge in [0.2, 0.25) is 0 Å². The maximum Gasteiger partial charge on any atom is 0.343 e. The van der Waals surface area contributed by atoms with Crippen LogP contribution in [0, 0.1) is 5.92 Å². The van der Waals surface area contributed by atoms with Crippen LogP contribution in [0.15, 0.2) is 24.0 Å². The molecule has 1 aromatic carbocycles. The average molecular weight is 619 g/mol. The van der Waals surface area contributed by atoms with Crippen LogP contribution in [0.4, 0.5) is 0 Å². The van der Waals surface area contributed by atoms with Gasteiger partial charge in [0.15, 0.2) is 35.9 Å². The number of piperidine rings is 1. The van der Waals surface area contributed by atoms with Crippen LogP contribution in [-0.2, 0) is 40.5 Å². The minimum atomic E-state index is -2.44. The van der Waals surface area contributed by atoms with E-state index in [9.17, 15) is 44.7 Å². The van der Waals surface area contributed by atoms with Gasteiger partial charge in [-0.1, -0.05) is 19.9 Å². The predicted molar refractivity (Wildman–Crippen MR) is 149 cm³/mol. The zero-order valence-corrected chi connectivity index (χ0v) is 24.9. The summed E-state index contributed by atoms with van der Waals surface area (Å²) in [4.78, 5) is 51.5. The summed E-state index contributed by atoms with van der Waals surface area (Å²) in [5.41, 5.74) is -0.833. The molecular weight excluding hydrogens is 580 g/mol. The number of aromatic hydroxyl groups is 1. The highest BCUT2D eigenvalue weighted by Crippen LogP contribution is 2.65. The monoisotopic (exact) mass is 618 g/mol. The summed E-state index contributed by atoms with van der Waals surface area (Å²) in [6, 6.07) is 1.78. The molecule has 0 unspecified atom stereocenters. The first-order valence-corrected chi connectivity index (χ1v) is 14.6. The molecule has 0 aromatic heterocycles. The first-order chi connectivity index (χ1) is 20.6. The van der Waals surface area contributed by atoms with Crippen molar-refractivity contribution in [2.24, 2.45) is 5.92 Å². The van der Waals surface area contributed by atoms with Gasteiger partial charge in [0.1, 0.15) is 11.8 Å². The number of benzene rings is 1. The molecule has 0 radical (unpaired) electrons. The van der Waals surface area contributed by atoms with Crippen LogP contribution in [-0.4, -0.2) is 110 Å². The summed E-state index contributed by atoms with van der Waals surface area (Å²) in [7, 11) is 1.92. The van der Waals surface area contributed by atoms with E-state index in [1.165, 1.54) is 12.1 Å². The van der Waals surface area contributed by atoms with E-state index in [0.717, 1.165) is 12.5 Å². The van der Waals surface area contributed by atoms with E-state index in [4.69, 9.17) is 14.2 Å². The van der Waals surface area contributed by atoms with Crippen LogP contribution in [0.5, 0.6) is 11.5 Å². The van der Waals surface area contributed by atoms with E-state index in [1.54, 1.807) is 19.9 Å². The lowest BCUT2D eigenvalue weighted by molar-refractivity contribution is -0.181. The highest BCUT2D eigenvalue weighted by molar-refractivity contribution is 5.90. The van der Waals surface area contributed by atoms with Gasteiger partial charge >= 0.3 is 17.9 Å². The topological polar surface area (TPSA) is 212 Å². The molecule has 2 aliphatic carbocycles. The number of ether oxygens (including phenoxy) is 3. The Balaban J connectivity index is 1.29. The molecule has 14 nitrogen and oxygen atoms in total.